The van der Waals surface area contributed by atoms with Crippen LogP contribution in [0.1, 0.15) is 36.5 Å². The van der Waals surface area contributed by atoms with Crippen LogP contribution in [0.25, 0.3) is 5.69 Å². The molecule has 0 radical (unpaired) electrons. The average Bonchev–Trinajstić information content (AvgIpc) is 3.28. The highest BCUT2D eigenvalue weighted by molar-refractivity contribution is 7.89. The molecule has 0 saturated carbocycles. The number of carbonyl (C=O) groups is 1. The molecule has 1 amide bonds. The van der Waals surface area contributed by atoms with Gasteiger partial charge in [-0.3, -0.25) is 4.79 Å². The van der Waals surface area contributed by atoms with Gasteiger partial charge in [-0.25, -0.2) is 22.5 Å². The largest absolute Gasteiger partial charge is 0.322 e. The van der Waals surface area contributed by atoms with E-state index in [1.54, 1.807) is 0 Å². The molecule has 1 fully saturated rings. The Bertz CT molecular complexity index is 1200. The third-order valence-electron chi connectivity index (χ3n) is 5.32. The van der Waals surface area contributed by atoms with E-state index >= 15 is 0 Å². The maximum Gasteiger partial charge on any atom is 0.255 e. The number of halogens is 1. The van der Waals surface area contributed by atoms with Crippen LogP contribution in [-0.4, -0.2) is 46.0 Å². The molecule has 31 heavy (non-hydrogen) atoms. The Hall–Kier alpha value is -3.11. The normalized spacial score (nSPS) is 17.4. The molecule has 2 aromatic carbocycles. The lowest BCUT2D eigenvalue weighted by molar-refractivity contribution is 0.102. The summed E-state index contributed by atoms with van der Waals surface area (Å²) < 4.78 is 43.3. The predicted molar refractivity (Wildman–Crippen MR) is 113 cm³/mol. The van der Waals surface area contributed by atoms with Gasteiger partial charge in [-0.15, -0.1) is 0 Å². The monoisotopic (exact) mass is 443 g/mol. The van der Waals surface area contributed by atoms with E-state index < -0.39 is 21.7 Å². The minimum Gasteiger partial charge on any atom is -0.322 e. The number of hydrogen-bond donors (Lipinski definition) is 1. The first-order valence-electron chi connectivity index (χ1n) is 9.94. The lowest BCUT2D eigenvalue weighted by Gasteiger charge is -2.32. The van der Waals surface area contributed by atoms with Crippen molar-refractivity contribution in [3.63, 3.8) is 0 Å². The SMILES string of the molecule is CC1CCCCN1S(=O)(=O)c1cccc(C(=O)Nc2ccc(-n3cncn3)c(F)c2)c1. The maximum absolute atomic E-state index is 14.4. The summed E-state index contributed by atoms with van der Waals surface area (Å²) in [4.78, 5) is 16.5. The van der Waals surface area contributed by atoms with E-state index in [0.717, 1.165) is 19.3 Å². The van der Waals surface area contributed by atoms with Crippen molar-refractivity contribution in [1.29, 1.82) is 0 Å². The molecule has 1 unspecified atom stereocenters. The molecule has 10 heteroatoms. The zero-order chi connectivity index (χ0) is 22.0. The lowest BCUT2D eigenvalue weighted by Crippen LogP contribution is -2.41. The third-order valence-corrected chi connectivity index (χ3v) is 7.33. The summed E-state index contributed by atoms with van der Waals surface area (Å²) in [5.41, 5.74) is 0.606. The Morgan fingerprint density at radius 3 is 2.74 bits per heavy atom. The lowest BCUT2D eigenvalue weighted by atomic mass is 10.1. The minimum atomic E-state index is -3.70. The van der Waals surface area contributed by atoms with Gasteiger partial charge in [0.15, 0.2) is 5.82 Å². The molecular weight excluding hydrogens is 421 g/mol. The summed E-state index contributed by atoms with van der Waals surface area (Å²) in [6.07, 6.45) is 5.30. The number of carbonyl (C=O) groups excluding carboxylic acids is 1. The molecule has 0 bridgehead atoms. The van der Waals surface area contributed by atoms with Gasteiger partial charge in [0.2, 0.25) is 10.0 Å². The molecule has 1 saturated heterocycles. The second-order valence-corrected chi connectivity index (χ2v) is 9.34. The highest BCUT2D eigenvalue weighted by atomic mass is 32.2. The van der Waals surface area contributed by atoms with E-state index in [9.17, 15) is 17.6 Å². The summed E-state index contributed by atoms with van der Waals surface area (Å²) in [6.45, 7) is 2.36. The van der Waals surface area contributed by atoms with Crippen molar-refractivity contribution in [2.75, 3.05) is 11.9 Å². The van der Waals surface area contributed by atoms with Gasteiger partial charge in [0.25, 0.3) is 5.91 Å². The smallest absolute Gasteiger partial charge is 0.255 e. The molecule has 8 nitrogen and oxygen atoms in total. The van der Waals surface area contributed by atoms with Crippen LogP contribution in [0.15, 0.2) is 60.0 Å². The van der Waals surface area contributed by atoms with Crippen molar-refractivity contribution >= 4 is 21.6 Å². The fraction of sp³-hybridized carbons (Fsp3) is 0.286. The Morgan fingerprint density at radius 1 is 1.19 bits per heavy atom. The van der Waals surface area contributed by atoms with Crippen molar-refractivity contribution < 1.29 is 17.6 Å². The van der Waals surface area contributed by atoms with Crippen LogP contribution < -0.4 is 5.32 Å². The Balaban J connectivity index is 1.54. The Morgan fingerprint density at radius 2 is 2.03 bits per heavy atom. The molecule has 1 N–H and O–H groups in total. The number of piperidine rings is 1. The van der Waals surface area contributed by atoms with Gasteiger partial charge in [-0.1, -0.05) is 12.5 Å². The van der Waals surface area contributed by atoms with Crippen molar-refractivity contribution in [3.8, 4) is 5.69 Å². The molecule has 0 aliphatic carbocycles. The third kappa shape index (κ3) is 4.35. The van der Waals surface area contributed by atoms with Crippen LogP contribution in [0.4, 0.5) is 10.1 Å². The first-order valence-corrected chi connectivity index (χ1v) is 11.4. The number of sulfonamides is 1. The second-order valence-electron chi connectivity index (χ2n) is 7.45. The van der Waals surface area contributed by atoms with Crippen molar-refractivity contribution in [2.45, 2.75) is 37.1 Å². The van der Waals surface area contributed by atoms with Gasteiger partial charge < -0.3 is 5.32 Å². The number of rotatable bonds is 5. The van der Waals surface area contributed by atoms with Crippen molar-refractivity contribution in [1.82, 2.24) is 19.1 Å². The Labute approximate surface area is 179 Å². The van der Waals surface area contributed by atoms with E-state index in [4.69, 9.17) is 0 Å². The summed E-state index contributed by atoms with van der Waals surface area (Å²) in [6, 6.07) is 9.99. The highest BCUT2D eigenvalue weighted by Gasteiger charge is 2.31. The number of nitrogens with zero attached hydrogens (tertiary/aromatic N) is 4. The summed E-state index contributed by atoms with van der Waals surface area (Å²) in [7, 11) is -3.70. The number of amides is 1. The van der Waals surface area contributed by atoms with E-state index in [0.29, 0.717) is 6.54 Å². The number of benzene rings is 2. The van der Waals surface area contributed by atoms with Crippen LogP contribution in [-0.2, 0) is 10.0 Å². The molecule has 1 aliphatic rings. The standard InChI is InChI=1S/C21H22FN5O3S/c1-15-5-2-3-10-27(15)31(29,30)18-7-4-6-16(11-18)21(28)25-17-8-9-20(19(22)12-17)26-14-23-13-24-26/h4,6-9,11-15H,2-3,5,10H2,1H3,(H,25,28). The van der Waals surface area contributed by atoms with Gasteiger partial charge in [0.1, 0.15) is 18.3 Å². The first kappa shape index (κ1) is 21.1. The van der Waals surface area contributed by atoms with Gasteiger partial charge >= 0.3 is 0 Å². The van der Waals surface area contributed by atoms with Crippen molar-refractivity contribution in [2.24, 2.45) is 0 Å². The van der Waals surface area contributed by atoms with Gasteiger partial charge in [-0.05, 0) is 56.2 Å². The molecule has 4 rings (SSSR count). The van der Waals surface area contributed by atoms with Crippen LogP contribution in [0.2, 0.25) is 0 Å². The molecule has 3 aromatic rings. The molecule has 162 valence electrons. The number of nitrogens with one attached hydrogen (secondary N) is 1. The number of hydrogen-bond acceptors (Lipinski definition) is 5. The number of aromatic nitrogens is 3. The molecule has 1 aliphatic heterocycles. The predicted octanol–water partition coefficient (Wildman–Crippen LogP) is 3.22. The van der Waals surface area contributed by atoms with Gasteiger partial charge in [-0.2, -0.15) is 9.40 Å². The zero-order valence-electron chi connectivity index (χ0n) is 16.9. The van der Waals surface area contributed by atoms with E-state index in [2.05, 4.69) is 15.4 Å². The maximum atomic E-state index is 14.4. The Kier molecular flexibility index (Phi) is 5.84. The van der Waals surface area contributed by atoms with Gasteiger partial charge in [0.05, 0.1) is 4.90 Å². The minimum absolute atomic E-state index is 0.0709. The number of anilines is 1. The average molecular weight is 444 g/mol. The molecule has 2 heterocycles. The van der Waals surface area contributed by atoms with Crippen LogP contribution in [0, 0.1) is 5.82 Å². The van der Waals surface area contributed by atoms with E-state index in [1.807, 2.05) is 6.92 Å². The van der Waals surface area contributed by atoms with E-state index in [-0.39, 0.29) is 27.9 Å². The zero-order valence-corrected chi connectivity index (χ0v) is 17.7. The summed E-state index contributed by atoms with van der Waals surface area (Å²) in [5.74, 6) is -1.12. The molecular formula is C21H22FN5O3S. The van der Waals surface area contributed by atoms with Gasteiger partial charge in [0, 0.05) is 23.8 Å². The second kappa shape index (κ2) is 8.56. The molecule has 1 aromatic heterocycles. The quantitative estimate of drug-likeness (QED) is 0.653. The fourth-order valence-electron chi connectivity index (χ4n) is 3.67. The van der Waals surface area contributed by atoms with Crippen LogP contribution in [0.3, 0.4) is 0 Å². The molecule has 0 spiro atoms. The molecule has 1 atom stereocenters. The van der Waals surface area contributed by atoms with Crippen LogP contribution in [0.5, 0.6) is 0 Å². The summed E-state index contributed by atoms with van der Waals surface area (Å²) in [5, 5.41) is 6.49. The topological polar surface area (TPSA) is 97.2 Å². The van der Waals surface area contributed by atoms with Crippen molar-refractivity contribution in [3.05, 3.63) is 66.5 Å². The highest BCUT2D eigenvalue weighted by Crippen LogP contribution is 2.26. The van der Waals surface area contributed by atoms with Crippen LogP contribution >= 0.6 is 0 Å². The van der Waals surface area contributed by atoms with E-state index in [1.165, 1.54) is 64.1 Å². The fourth-order valence-corrected chi connectivity index (χ4v) is 5.41. The first-order chi connectivity index (χ1) is 14.9. The summed E-state index contributed by atoms with van der Waals surface area (Å²) >= 11 is 0.